The third-order valence-corrected chi connectivity index (χ3v) is 8.48. The second-order valence-electron chi connectivity index (χ2n) is 8.89. The van der Waals surface area contributed by atoms with Gasteiger partial charge in [-0.05, 0) is 29.8 Å². The standard InChI is InChI=1S/C23H26N2O4S2/c1-23(2,3)21(26)24-22-25(19-14-31(27,28)15-20(19)30-22)17-9-11-18(12-10-17)29-13-16-7-5-4-6-8-16/h4-12,19-20H,13-15H2,1-3H3/t19-,20+/m1/s1. The van der Waals surface area contributed by atoms with Gasteiger partial charge in [0, 0.05) is 16.4 Å². The summed E-state index contributed by atoms with van der Waals surface area (Å²) in [6.07, 6.45) is 0. The third kappa shape index (κ3) is 4.96. The minimum atomic E-state index is -3.10. The molecule has 8 heteroatoms. The minimum absolute atomic E-state index is 0.0691. The number of fused-ring (bicyclic) bond motifs is 1. The van der Waals surface area contributed by atoms with Crippen molar-refractivity contribution in [3.05, 3.63) is 60.2 Å². The van der Waals surface area contributed by atoms with Gasteiger partial charge in [0.1, 0.15) is 12.4 Å². The van der Waals surface area contributed by atoms with Gasteiger partial charge in [-0.2, -0.15) is 4.99 Å². The summed E-state index contributed by atoms with van der Waals surface area (Å²) in [5.74, 6) is 0.685. The van der Waals surface area contributed by atoms with Crippen molar-refractivity contribution in [1.82, 2.24) is 0 Å². The highest BCUT2D eigenvalue weighted by atomic mass is 32.2. The van der Waals surface area contributed by atoms with Crippen LogP contribution in [0.1, 0.15) is 26.3 Å². The molecule has 0 saturated carbocycles. The number of amides is 1. The summed E-state index contributed by atoms with van der Waals surface area (Å²) < 4.78 is 30.3. The molecule has 4 rings (SSSR count). The minimum Gasteiger partial charge on any atom is -0.489 e. The maximum atomic E-state index is 12.6. The molecule has 164 valence electrons. The Labute approximate surface area is 187 Å². The van der Waals surface area contributed by atoms with Crippen molar-refractivity contribution in [2.24, 2.45) is 10.4 Å². The Hall–Kier alpha value is -2.32. The molecule has 2 saturated heterocycles. The van der Waals surface area contributed by atoms with Gasteiger partial charge in [-0.25, -0.2) is 8.42 Å². The van der Waals surface area contributed by atoms with Gasteiger partial charge in [-0.3, -0.25) is 4.79 Å². The van der Waals surface area contributed by atoms with Crippen LogP contribution in [0.4, 0.5) is 5.69 Å². The summed E-state index contributed by atoms with van der Waals surface area (Å²) in [6.45, 7) is 5.95. The molecule has 2 aromatic rings. The van der Waals surface area contributed by atoms with Crippen LogP contribution in [0.25, 0.3) is 0 Å². The molecule has 0 N–H and O–H groups in total. The van der Waals surface area contributed by atoms with E-state index in [-0.39, 0.29) is 28.7 Å². The first-order valence-corrected chi connectivity index (χ1v) is 12.9. The summed E-state index contributed by atoms with van der Waals surface area (Å²) in [5.41, 5.74) is 1.29. The largest absolute Gasteiger partial charge is 0.489 e. The number of rotatable bonds is 4. The van der Waals surface area contributed by atoms with Gasteiger partial charge < -0.3 is 9.64 Å². The average molecular weight is 459 g/mol. The summed E-state index contributed by atoms with van der Waals surface area (Å²) in [5, 5.41) is 0.452. The summed E-state index contributed by atoms with van der Waals surface area (Å²) in [6, 6.07) is 17.2. The van der Waals surface area contributed by atoms with E-state index in [2.05, 4.69) is 4.99 Å². The lowest BCUT2D eigenvalue weighted by Crippen LogP contribution is -2.38. The molecule has 0 unspecified atom stereocenters. The molecule has 2 aromatic carbocycles. The SMILES string of the molecule is CC(C)(C)C(=O)N=C1S[C@H]2CS(=O)(=O)C[C@H]2N1c1ccc(OCc2ccccc2)cc1. The number of amidine groups is 1. The van der Waals surface area contributed by atoms with Crippen molar-refractivity contribution in [3.63, 3.8) is 0 Å². The number of hydrogen-bond donors (Lipinski definition) is 0. The Kier molecular flexibility index (Phi) is 5.87. The van der Waals surface area contributed by atoms with E-state index in [0.717, 1.165) is 17.0 Å². The monoisotopic (exact) mass is 458 g/mol. The molecule has 31 heavy (non-hydrogen) atoms. The van der Waals surface area contributed by atoms with Gasteiger partial charge in [-0.1, -0.05) is 62.9 Å². The molecule has 0 spiro atoms. The second-order valence-corrected chi connectivity index (χ2v) is 12.2. The molecule has 1 amide bonds. The van der Waals surface area contributed by atoms with Crippen LogP contribution < -0.4 is 9.64 Å². The lowest BCUT2D eigenvalue weighted by molar-refractivity contribution is -0.124. The van der Waals surface area contributed by atoms with Crippen LogP contribution in [0.15, 0.2) is 59.6 Å². The first-order chi connectivity index (χ1) is 14.6. The molecule has 2 atom stereocenters. The maximum absolute atomic E-state index is 12.6. The number of anilines is 1. The van der Waals surface area contributed by atoms with E-state index in [4.69, 9.17) is 4.74 Å². The van der Waals surface area contributed by atoms with Crippen LogP contribution in [0.5, 0.6) is 5.75 Å². The molecule has 2 fully saturated rings. The lowest BCUT2D eigenvalue weighted by atomic mass is 9.96. The predicted octanol–water partition coefficient (Wildman–Crippen LogP) is 3.91. The normalized spacial score (nSPS) is 23.7. The molecule has 2 aliphatic rings. The smallest absolute Gasteiger partial charge is 0.253 e. The van der Waals surface area contributed by atoms with Crippen molar-refractivity contribution >= 4 is 38.4 Å². The van der Waals surface area contributed by atoms with E-state index < -0.39 is 15.3 Å². The molecule has 0 aromatic heterocycles. The van der Waals surface area contributed by atoms with E-state index in [9.17, 15) is 13.2 Å². The van der Waals surface area contributed by atoms with E-state index in [0.29, 0.717) is 11.8 Å². The summed E-state index contributed by atoms with van der Waals surface area (Å²) >= 11 is 1.39. The number of sulfone groups is 1. The zero-order valence-electron chi connectivity index (χ0n) is 17.8. The van der Waals surface area contributed by atoms with Crippen molar-refractivity contribution in [2.75, 3.05) is 16.4 Å². The van der Waals surface area contributed by atoms with Crippen LogP contribution in [0, 0.1) is 5.41 Å². The lowest BCUT2D eigenvalue weighted by Gasteiger charge is -2.25. The number of ether oxygens (including phenoxy) is 1. The Balaban J connectivity index is 1.57. The highest BCUT2D eigenvalue weighted by Gasteiger charge is 2.49. The number of hydrogen-bond acceptors (Lipinski definition) is 5. The van der Waals surface area contributed by atoms with Gasteiger partial charge in [-0.15, -0.1) is 0 Å². The van der Waals surface area contributed by atoms with Gasteiger partial charge in [0.15, 0.2) is 15.0 Å². The van der Waals surface area contributed by atoms with E-state index >= 15 is 0 Å². The van der Waals surface area contributed by atoms with E-state index in [1.54, 1.807) is 0 Å². The molecule has 6 nitrogen and oxygen atoms in total. The first-order valence-electron chi connectivity index (χ1n) is 10.2. The topological polar surface area (TPSA) is 76.0 Å². The fraction of sp³-hybridized carbons (Fsp3) is 0.391. The zero-order chi connectivity index (χ0) is 22.2. The van der Waals surface area contributed by atoms with Gasteiger partial charge in [0.2, 0.25) is 0 Å². The average Bonchev–Trinajstić information content (AvgIpc) is 3.17. The first kappa shape index (κ1) is 21.9. The quantitative estimate of drug-likeness (QED) is 0.691. The Morgan fingerprint density at radius 1 is 1.10 bits per heavy atom. The predicted molar refractivity (Wildman–Crippen MR) is 125 cm³/mol. The Morgan fingerprint density at radius 2 is 1.77 bits per heavy atom. The molecule has 2 heterocycles. The number of carbonyl (C=O) groups excluding carboxylic acids is 1. The zero-order valence-corrected chi connectivity index (χ0v) is 19.4. The number of benzene rings is 2. The highest BCUT2D eigenvalue weighted by Crippen LogP contribution is 2.41. The number of thioether (sulfide) groups is 1. The van der Waals surface area contributed by atoms with E-state index in [1.807, 2.05) is 80.3 Å². The van der Waals surface area contributed by atoms with Crippen LogP contribution in [0.3, 0.4) is 0 Å². The van der Waals surface area contributed by atoms with Crippen molar-refractivity contribution in [3.8, 4) is 5.75 Å². The third-order valence-electron chi connectivity index (χ3n) is 5.27. The van der Waals surface area contributed by atoms with Gasteiger partial charge in [0.25, 0.3) is 5.91 Å². The molecule has 0 radical (unpaired) electrons. The second kappa shape index (κ2) is 8.31. The van der Waals surface area contributed by atoms with Crippen molar-refractivity contribution in [2.45, 2.75) is 38.7 Å². The van der Waals surface area contributed by atoms with Crippen LogP contribution >= 0.6 is 11.8 Å². The number of nitrogens with zero attached hydrogens (tertiary/aromatic N) is 2. The fourth-order valence-electron chi connectivity index (χ4n) is 3.56. The van der Waals surface area contributed by atoms with Crippen LogP contribution in [-0.4, -0.2) is 42.3 Å². The maximum Gasteiger partial charge on any atom is 0.253 e. The van der Waals surface area contributed by atoms with Gasteiger partial charge >= 0.3 is 0 Å². The highest BCUT2D eigenvalue weighted by molar-refractivity contribution is 8.16. The molecular weight excluding hydrogens is 432 g/mol. The van der Waals surface area contributed by atoms with Crippen molar-refractivity contribution < 1.29 is 17.9 Å². The van der Waals surface area contributed by atoms with Gasteiger partial charge in [0.05, 0.1) is 17.5 Å². The Bertz CT molecular complexity index is 1090. The number of carbonyl (C=O) groups is 1. The molecule has 0 bridgehead atoms. The summed E-state index contributed by atoms with van der Waals surface area (Å²) in [7, 11) is -3.10. The number of aliphatic imine (C=N–C) groups is 1. The van der Waals surface area contributed by atoms with Crippen LogP contribution in [-0.2, 0) is 21.2 Å². The molecule has 0 aliphatic carbocycles. The molecule has 2 aliphatic heterocycles. The van der Waals surface area contributed by atoms with Crippen molar-refractivity contribution in [1.29, 1.82) is 0 Å². The Morgan fingerprint density at radius 3 is 2.42 bits per heavy atom. The summed E-state index contributed by atoms with van der Waals surface area (Å²) in [4.78, 5) is 18.8. The molecular formula is C23H26N2O4S2. The van der Waals surface area contributed by atoms with E-state index in [1.165, 1.54) is 11.8 Å². The van der Waals surface area contributed by atoms with Crippen LogP contribution in [0.2, 0.25) is 0 Å². The fourth-order valence-corrected chi connectivity index (χ4v) is 7.48.